The van der Waals surface area contributed by atoms with Crippen LogP contribution >= 0.6 is 11.6 Å². The van der Waals surface area contributed by atoms with E-state index in [2.05, 4.69) is 10.3 Å². The lowest BCUT2D eigenvalue weighted by atomic mass is 10.0. The Morgan fingerprint density at radius 1 is 1.21 bits per heavy atom. The number of hydrogen-bond acceptors (Lipinski definition) is 3. The first-order valence-corrected chi connectivity index (χ1v) is 9.99. The highest BCUT2D eigenvalue weighted by atomic mass is 35.5. The van der Waals surface area contributed by atoms with Crippen molar-refractivity contribution < 1.29 is 4.79 Å². The maximum Gasteiger partial charge on any atom is 0.265 e. The van der Waals surface area contributed by atoms with Gasteiger partial charge in [0.05, 0.1) is 27.3 Å². The number of aromatic nitrogens is 2. The number of carbonyl (C=O) groups is 1. The number of benzene rings is 2. The minimum atomic E-state index is -0.145. The molecule has 0 spiro atoms. The Labute approximate surface area is 168 Å². The standard InChI is InChI=1S/C22H22ClN3O2/c1-14-24-19-9-5-4-8-17(19)22(28)26(14)16-10-11-18(23)20(13-16)25-21(27)12-15-6-2-3-7-15/h4-5,8-11,13,15H,2-3,6-7,12H2,1H3,(H,25,27). The van der Waals surface area contributed by atoms with Crippen molar-refractivity contribution in [3.05, 3.63) is 63.7 Å². The van der Waals surface area contributed by atoms with Crippen LogP contribution in [0.25, 0.3) is 16.6 Å². The van der Waals surface area contributed by atoms with Gasteiger partial charge in [-0.2, -0.15) is 0 Å². The van der Waals surface area contributed by atoms with E-state index < -0.39 is 0 Å². The van der Waals surface area contributed by atoms with Crippen LogP contribution in [0.1, 0.15) is 37.9 Å². The molecule has 1 aliphatic rings. The summed E-state index contributed by atoms with van der Waals surface area (Å²) in [5.41, 5.74) is 1.66. The second kappa shape index (κ2) is 7.76. The Balaban J connectivity index is 1.68. The monoisotopic (exact) mass is 395 g/mol. The fourth-order valence-corrected chi connectivity index (χ4v) is 4.14. The van der Waals surface area contributed by atoms with Gasteiger partial charge in [0.2, 0.25) is 5.91 Å². The highest BCUT2D eigenvalue weighted by molar-refractivity contribution is 6.33. The lowest BCUT2D eigenvalue weighted by Crippen LogP contribution is -2.22. The number of halogens is 1. The maximum atomic E-state index is 13.0. The third kappa shape index (κ3) is 3.67. The third-order valence-corrected chi connectivity index (χ3v) is 5.70. The molecular formula is C22H22ClN3O2. The van der Waals surface area contributed by atoms with Gasteiger partial charge >= 0.3 is 0 Å². The number of amides is 1. The summed E-state index contributed by atoms with van der Waals surface area (Å²) in [6.07, 6.45) is 5.13. The van der Waals surface area contributed by atoms with Crippen LogP contribution in [0.15, 0.2) is 47.3 Å². The van der Waals surface area contributed by atoms with E-state index >= 15 is 0 Å². The molecule has 1 N–H and O–H groups in total. The quantitative estimate of drug-likeness (QED) is 0.685. The molecule has 0 bridgehead atoms. The normalized spacial score (nSPS) is 14.5. The fourth-order valence-electron chi connectivity index (χ4n) is 3.97. The zero-order valence-corrected chi connectivity index (χ0v) is 16.5. The summed E-state index contributed by atoms with van der Waals surface area (Å²) >= 11 is 6.30. The van der Waals surface area contributed by atoms with Gasteiger partial charge in [-0.25, -0.2) is 4.98 Å². The van der Waals surface area contributed by atoms with E-state index in [1.54, 1.807) is 35.8 Å². The fraction of sp³-hybridized carbons (Fsp3) is 0.318. The molecule has 1 amide bonds. The van der Waals surface area contributed by atoms with Gasteiger partial charge in [-0.3, -0.25) is 14.2 Å². The van der Waals surface area contributed by atoms with Gasteiger partial charge in [0, 0.05) is 6.42 Å². The van der Waals surface area contributed by atoms with Crippen molar-refractivity contribution in [2.24, 2.45) is 5.92 Å². The number of hydrogen-bond donors (Lipinski definition) is 1. The summed E-state index contributed by atoms with van der Waals surface area (Å²) in [7, 11) is 0. The van der Waals surface area contributed by atoms with Crippen molar-refractivity contribution in [1.29, 1.82) is 0 Å². The lowest BCUT2D eigenvalue weighted by Gasteiger charge is -2.14. The van der Waals surface area contributed by atoms with E-state index in [0.29, 0.717) is 45.5 Å². The molecule has 0 unspecified atom stereocenters. The Bertz CT molecular complexity index is 1100. The Hall–Kier alpha value is -2.66. The highest BCUT2D eigenvalue weighted by Crippen LogP contribution is 2.29. The average Bonchev–Trinajstić information content (AvgIpc) is 3.17. The van der Waals surface area contributed by atoms with Crippen LogP contribution in [-0.4, -0.2) is 15.5 Å². The van der Waals surface area contributed by atoms with Gasteiger partial charge < -0.3 is 5.32 Å². The van der Waals surface area contributed by atoms with Crippen LogP contribution in [0.4, 0.5) is 5.69 Å². The summed E-state index contributed by atoms with van der Waals surface area (Å²) in [5.74, 6) is 0.998. The van der Waals surface area contributed by atoms with E-state index in [-0.39, 0.29) is 11.5 Å². The average molecular weight is 396 g/mol. The van der Waals surface area contributed by atoms with E-state index in [1.165, 1.54) is 12.8 Å². The van der Waals surface area contributed by atoms with Crippen molar-refractivity contribution in [3.63, 3.8) is 0 Å². The molecule has 28 heavy (non-hydrogen) atoms. The number of nitrogens with zero attached hydrogens (tertiary/aromatic N) is 2. The second-order valence-corrected chi connectivity index (χ2v) is 7.79. The van der Waals surface area contributed by atoms with Crippen molar-refractivity contribution in [3.8, 4) is 5.69 Å². The summed E-state index contributed by atoms with van der Waals surface area (Å²) < 4.78 is 1.55. The zero-order valence-electron chi connectivity index (χ0n) is 15.7. The van der Waals surface area contributed by atoms with E-state index in [4.69, 9.17) is 11.6 Å². The molecule has 2 aromatic carbocycles. The lowest BCUT2D eigenvalue weighted by molar-refractivity contribution is -0.117. The molecule has 1 saturated carbocycles. The molecule has 1 aliphatic carbocycles. The first-order valence-electron chi connectivity index (χ1n) is 9.61. The van der Waals surface area contributed by atoms with Crippen molar-refractivity contribution in [1.82, 2.24) is 9.55 Å². The van der Waals surface area contributed by atoms with Gasteiger partial charge in [0.15, 0.2) is 0 Å². The Morgan fingerprint density at radius 2 is 1.96 bits per heavy atom. The SMILES string of the molecule is Cc1nc2ccccc2c(=O)n1-c1ccc(Cl)c(NC(=O)CC2CCCC2)c1. The summed E-state index contributed by atoms with van der Waals surface area (Å²) in [6.45, 7) is 1.79. The van der Waals surface area contributed by atoms with Crippen LogP contribution < -0.4 is 10.9 Å². The van der Waals surface area contributed by atoms with Crippen LogP contribution in [-0.2, 0) is 4.79 Å². The first kappa shape index (κ1) is 18.7. The van der Waals surface area contributed by atoms with Crippen molar-refractivity contribution in [2.75, 3.05) is 5.32 Å². The maximum absolute atomic E-state index is 13.0. The molecule has 5 nitrogen and oxygen atoms in total. The molecule has 0 saturated heterocycles. The van der Waals surface area contributed by atoms with Gasteiger partial charge in [-0.1, -0.05) is 36.6 Å². The van der Waals surface area contributed by atoms with Gasteiger partial charge in [0.25, 0.3) is 5.56 Å². The number of nitrogens with one attached hydrogen (secondary N) is 1. The molecular weight excluding hydrogens is 374 g/mol. The Morgan fingerprint density at radius 3 is 2.75 bits per heavy atom. The summed E-state index contributed by atoms with van der Waals surface area (Å²) in [5, 5.41) is 3.91. The van der Waals surface area contributed by atoms with E-state index in [0.717, 1.165) is 12.8 Å². The molecule has 1 heterocycles. The summed E-state index contributed by atoms with van der Waals surface area (Å²) in [6, 6.07) is 12.5. The van der Waals surface area contributed by atoms with Crippen LogP contribution in [0, 0.1) is 12.8 Å². The minimum Gasteiger partial charge on any atom is -0.325 e. The predicted octanol–water partition coefficient (Wildman–Crippen LogP) is 4.87. The molecule has 0 aliphatic heterocycles. The van der Waals surface area contributed by atoms with Crippen LogP contribution in [0.5, 0.6) is 0 Å². The number of fused-ring (bicyclic) bond motifs is 1. The van der Waals surface area contributed by atoms with Crippen LogP contribution in [0.2, 0.25) is 5.02 Å². The zero-order chi connectivity index (χ0) is 19.7. The number of carbonyl (C=O) groups excluding carboxylic acids is 1. The largest absolute Gasteiger partial charge is 0.325 e. The Kier molecular flexibility index (Phi) is 5.18. The number of anilines is 1. The van der Waals surface area contributed by atoms with Gasteiger partial charge in [-0.05, 0) is 56.0 Å². The van der Waals surface area contributed by atoms with Gasteiger partial charge in [-0.15, -0.1) is 0 Å². The van der Waals surface area contributed by atoms with Crippen molar-refractivity contribution in [2.45, 2.75) is 39.0 Å². The molecule has 1 aromatic heterocycles. The molecule has 6 heteroatoms. The number of rotatable bonds is 4. The smallest absolute Gasteiger partial charge is 0.265 e. The third-order valence-electron chi connectivity index (χ3n) is 5.37. The topological polar surface area (TPSA) is 64.0 Å². The molecule has 0 atom stereocenters. The highest BCUT2D eigenvalue weighted by Gasteiger charge is 2.19. The second-order valence-electron chi connectivity index (χ2n) is 7.38. The number of aryl methyl sites for hydroxylation is 1. The first-order chi connectivity index (χ1) is 13.5. The van der Waals surface area contributed by atoms with Gasteiger partial charge in [0.1, 0.15) is 5.82 Å². The molecule has 4 rings (SSSR count). The molecule has 3 aromatic rings. The molecule has 144 valence electrons. The summed E-state index contributed by atoms with van der Waals surface area (Å²) in [4.78, 5) is 30.0. The van der Waals surface area contributed by atoms with E-state index in [1.807, 2.05) is 18.2 Å². The van der Waals surface area contributed by atoms with Crippen LogP contribution in [0.3, 0.4) is 0 Å². The number of para-hydroxylation sites is 1. The predicted molar refractivity (Wildman–Crippen MR) is 112 cm³/mol. The van der Waals surface area contributed by atoms with Crippen molar-refractivity contribution >= 4 is 34.1 Å². The minimum absolute atomic E-state index is 0.0355. The molecule has 0 radical (unpaired) electrons. The molecule has 1 fully saturated rings. The van der Waals surface area contributed by atoms with E-state index in [9.17, 15) is 9.59 Å².